The van der Waals surface area contributed by atoms with Crippen LogP contribution < -0.4 is 9.47 Å². The van der Waals surface area contributed by atoms with Crippen LogP contribution in [0.2, 0.25) is 0 Å². The van der Waals surface area contributed by atoms with E-state index in [0.29, 0.717) is 32.1 Å². The van der Waals surface area contributed by atoms with Crippen LogP contribution in [0.25, 0.3) is 0 Å². The maximum atomic E-state index is 13.6. The highest BCUT2D eigenvalue weighted by molar-refractivity contribution is 5.87. The highest BCUT2D eigenvalue weighted by Gasteiger charge is 2.07. The molecule has 0 atom stereocenters. The van der Waals surface area contributed by atoms with Crippen LogP contribution in [-0.4, -0.2) is 62.5 Å². The highest BCUT2D eigenvalue weighted by atomic mass is 19.1. The normalized spacial score (nSPS) is 10.8. The van der Waals surface area contributed by atoms with Crippen molar-refractivity contribution < 1.29 is 28.5 Å². The minimum Gasteiger partial charge on any atom is -0.494 e. The molecule has 1 N–H and O–H groups in total. The first-order valence-electron chi connectivity index (χ1n) is 9.15. The molecule has 0 radical (unpaired) electrons. The Balaban J connectivity index is 1.72. The second kappa shape index (κ2) is 11.9. The lowest BCUT2D eigenvalue weighted by atomic mass is 10.2. The summed E-state index contributed by atoms with van der Waals surface area (Å²) in [5, 5.41) is 8.89. The van der Waals surface area contributed by atoms with Crippen LogP contribution in [0.15, 0.2) is 48.5 Å². The van der Waals surface area contributed by atoms with Gasteiger partial charge >= 0.3 is 5.97 Å². The van der Waals surface area contributed by atoms with Gasteiger partial charge in [-0.2, -0.15) is 0 Å². The van der Waals surface area contributed by atoms with E-state index in [0.717, 1.165) is 19.5 Å². The van der Waals surface area contributed by atoms with Gasteiger partial charge in [0.15, 0.2) is 11.6 Å². The second-order valence-electron chi connectivity index (χ2n) is 6.14. The predicted molar refractivity (Wildman–Crippen MR) is 104 cm³/mol. The van der Waals surface area contributed by atoms with E-state index in [2.05, 4.69) is 4.90 Å². The van der Waals surface area contributed by atoms with Crippen molar-refractivity contribution in [2.75, 3.05) is 46.6 Å². The number of rotatable bonds is 13. The Morgan fingerprint density at radius 1 is 0.964 bits per heavy atom. The van der Waals surface area contributed by atoms with E-state index in [1.807, 2.05) is 0 Å². The van der Waals surface area contributed by atoms with Gasteiger partial charge < -0.3 is 19.3 Å². The summed E-state index contributed by atoms with van der Waals surface area (Å²) in [5.41, 5.74) is 0.230. The van der Waals surface area contributed by atoms with E-state index in [-0.39, 0.29) is 17.1 Å². The maximum Gasteiger partial charge on any atom is 0.335 e. The van der Waals surface area contributed by atoms with Gasteiger partial charge in [-0.1, -0.05) is 12.1 Å². The van der Waals surface area contributed by atoms with Crippen LogP contribution in [0.3, 0.4) is 0 Å². The fraction of sp³-hybridized carbons (Fsp3) is 0.381. The number of halogens is 1. The molecule has 0 heterocycles. The summed E-state index contributed by atoms with van der Waals surface area (Å²) >= 11 is 0. The molecule has 0 saturated carbocycles. The molecular formula is C21H26FNO5. The molecule has 0 bridgehead atoms. The Morgan fingerprint density at radius 3 is 2.36 bits per heavy atom. The molecule has 2 rings (SSSR count). The number of methoxy groups -OCH3 is 1. The maximum absolute atomic E-state index is 13.6. The molecule has 0 aliphatic heterocycles. The Morgan fingerprint density at radius 2 is 1.68 bits per heavy atom. The van der Waals surface area contributed by atoms with Crippen molar-refractivity contribution in [3.8, 4) is 11.5 Å². The molecule has 0 aliphatic carbocycles. The number of benzene rings is 2. The molecule has 0 amide bonds. The van der Waals surface area contributed by atoms with Crippen LogP contribution in [0.4, 0.5) is 4.39 Å². The van der Waals surface area contributed by atoms with Crippen molar-refractivity contribution in [2.24, 2.45) is 0 Å². The number of carboxylic acid groups (broad SMARTS) is 1. The van der Waals surface area contributed by atoms with E-state index in [4.69, 9.17) is 19.3 Å². The zero-order valence-corrected chi connectivity index (χ0v) is 16.0. The summed E-state index contributed by atoms with van der Waals surface area (Å²) in [5.74, 6) is -0.440. The third-order valence-corrected chi connectivity index (χ3v) is 4.10. The topological polar surface area (TPSA) is 68.2 Å². The van der Waals surface area contributed by atoms with Gasteiger partial charge in [-0.3, -0.25) is 4.90 Å². The fourth-order valence-corrected chi connectivity index (χ4v) is 2.57. The Labute approximate surface area is 164 Å². The molecule has 7 heteroatoms. The largest absolute Gasteiger partial charge is 0.494 e. The average molecular weight is 391 g/mol. The molecule has 0 spiro atoms. The summed E-state index contributed by atoms with van der Waals surface area (Å²) in [6.45, 7) is 3.63. The van der Waals surface area contributed by atoms with E-state index < -0.39 is 5.97 Å². The molecule has 0 unspecified atom stereocenters. The zero-order chi connectivity index (χ0) is 20.2. The lowest BCUT2D eigenvalue weighted by molar-refractivity contribution is 0.0697. The lowest BCUT2D eigenvalue weighted by Gasteiger charge is -2.22. The van der Waals surface area contributed by atoms with Crippen molar-refractivity contribution in [3.63, 3.8) is 0 Å². The molecule has 0 fully saturated rings. The van der Waals surface area contributed by atoms with E-state index in [9.17, 15) is 9.18 Å². The number of hydrogen-bond donors (Lipinski definition) is 1. The van der Waals surface area contributed by atoms with Gasteiger partial charge in [0.25, 0.3) is 0 Å². The molecule has 0 aliphatic rings. The van der Waals surface area contributed by atoms with E-state index in [1.54, 1.807) is 37.4 Å². The zero-order valence-electron chi connectivity index (χ0n) is 16.0. The quantitative estimate of drug-likeness (QED) is 0.529. The number of carboxylic acids is 1. The van der Waals surface area contributed by atoms with Gasteiger partial charge in [0, 0.05) is 26.7 Å². The second-order valence-corrected chi connectivity index (χ2v) is 6.14. The Bertz CT molecular complexity index is 723. The van der Waals surface area contributed by atoms with Gasteiger partial charge in [-0.05, 0) is 42.8 Å². The third-order valence-electron chi connectivity index (χ3n) is 4.10. The van der Waals surface area contributed by atoms with Crippen molar-refractivity contribution >= 4 is 5.97 Å². The van der Waals surface area contributed by atoms with Gasteiger partial charge in [0.2, 0.25) is 0 Å². The van der Waals surface area contributed by atoms with Gasteiger partial charge in [-0.25, -0.2) is 9.18 Å². The number of aromatic carboxylic acids is 1. The molecule has 2 aromatic carbocycles. The van der Waals surface area contributed by atoms with E-state index >= 15 is 0 Å². The number of ether oxygens (including phenoxy) is 3. The average Bonchev–Trinajstić information content (AvgIpc) is 2.70. The fourth-order valence-electron chi connectivity index (χ4n) is 2.57. The monoisotopic (exact) mass is 391 g/mol. The smallest absolute Gasteiger partial charge is 0.335 e. The van der Waals surface area contributed by atoms with Crippen molar-refractivity contribution in [1.29, 1.82) is 0 Å². The lowest BCUT2D eigenvalue weighted by Crippen LogP contribution is -2.33. The van der Waals surface area contributed by atoms with Crippen LogP contribution in [0.1, 0.15) is 16.8 Å². The van der Waals surface area contributed by atoms with E-state index in [1.165, 1.54) is 18.2 Å². The van der Waals surface area contributed by atoms with Gasteiger partial charge in [0.05, 0.1) is 18.8 Å². The number of nitrogens with zero attached hydrogens (tertiary/aromatic N) is 1. The number of carbonyl (C=O) groups is 1. The van der Waals surface area contributed by atoms with Gasteiger partial charge in [-0.15, -0.1) is 0 Å². The molecule has 152 valence electrons. The molecule has 2 aromatic rings. The van der Waals surface area contributed by atoms with Crippen molar-refractivity contribution in [2.45, 2.75) is 6.42 Å². The third kappa shape index (κ3) is 7.54. The molecule has 0 aromatic heterocycles. The number of hydrogen-bond acceptors (Lipinski definition) is 5. The van der Waals surface area contributed by atoms with Crippen LogP contribution >= 0.6 is 0 Å². The van der Waals surface area contributed by atoms with Gasteiger partial charge in [0.1, 0.15) is 12.4 Å². The Kier molecular flexibility index (Phi) is 9.24. The van der Waals surface area contributed by atoms with Crippen LogP contribution in [0.5, 0.6) is 11.5 Å². The first-order valence-corrected chi connectivity index (χ1v) is 9.15. The van der Waals surface area contributed by atoms with Crippen LogP contribution in [-0.2, 0) is 4.74 Å². The van der Waals surface area contributed by atoms with Crippen LogP contribution in [0, 0.1) is 5.82 Å². The molecular weight excluding hydrogens is 365 g/mol. The first-order chi connectivity index (χ1) is 13.6. The Hall–Kier alpha value is -2.64. The summed E-state index contributed by atoms with van der Waals surface area (Å²) in [6.07, 6.45) is 0.782. The highest BCUT2D eigenvalue weighted by Crippen LogP contribution is 2.15. The minimum atomic E-state index is -0.960. The SMILES string of the molecule is COCCN(CCCOc1ccc(C(=O)O)cc1)CCOc1ccccc1F. The first kappa shape index (κ1) is 21.7. The standard InChI is InChI=1S/C21H26FNO5/c1-26-15-12-23(13-16-28-20-6-3-2-5-19(20)22)11-4-14-27-18-9-7-17(8-10-18)21(24)25/h2-3,5-10H,4,11-16H2,1H3,(H,24,25). The molecule has 28 heavy (non-hydrogen) atoms. The summed E-state index contributed by atoms with van der Waals surface area (Å²) < 4.78 is 29.9. The number of para-hydroxylation sites is 1. The summed E-state index contributed by atoms with van der Waals surface area (Å²) in [4.78, 5) is 13.0. The summed E-state index contributed by atoms with van der Waals surface area (Å²) in [6, 6.07) is 12.7. The molecule has 0 saturated heterocycles. The summed E-state index contributed by atoms with van der Waals surface area (Å²) in [7, 11) is 1.65. The van der Waals surface area contributed by atoms with Crippen molar-refractivity contribution in [1.82, 2.24) is 4.90 Å². The molecule has 6 nitrogen and oxygen atoms in total. The van der Waals surface area contributed by atoms with Crippen molar-refractivity contribution in [3.05, 3.63) is 59.9 Å². The minimum absolute atomic E-state index is 0.230. The predicted octanol–water partition coefficient (Wildman–Crippen LogP) is 3.32.